The lowest BCUT2D eigenvalue weighted by molar-refractivity contribution is -0.871. The van der Waals surface area contributed by atoms with Crippen molar-refractivity contribution in [2.24, 2.45) is 0 Å². The predicted octanol–water partition coefficient (Wildman–Crippen LogP) is 3.00. The fourth-order valence-corrected chi connectivity index (χ4v) is 3.35. The summed E-state index contributed by atoms with van der Waals surface area (Å²) in [5.41, 5.74) is 0. The highest BCUT2D eigenvalue weighted by Crippen LogP contribution is 2.10. The van der Waals surface area contributed by atoms with E-state index in [1.54, 1.807) is 7.11 Å². The Kier molecular flexibility index (Phi) is 17.1. The molecule has 1 atom stereocenters. The average molecular weight is 431 g/mol. The number of carbonyl (C=O) groups excluding carboxylic acids is 3. The predicted molar refractivity (Wildman–Crippen MR) is 118 cm³/mol. The summed E-state index contributed by atoms with van der Waals surface area (Å²) in [6, 6.07) is -0.687. The topological polar surface area (TPSA) is 93.7 Å². The van der Waals surface area contributed by atoms with Crippen molar-refractivity contribution in [2.45, 2.75) is 76.7 Å². The molecule has 0 spiro atoms. The van der Waals surface area contributed by atoms with Crippen molar-refractivity contribution < 1.29 is 28.3 Å². The van der Waals surface area contributed by atoms with E-state index in [2.05, 4.69) is 15.4 Å². The zero-order valence-electron chi connectivity index (χ0n) is 19.5. The van der Waals surface area contributed by atoms with Crippen LogP contribution in [0, 0.1) is 0 Å². The number of nitrogens with zero attached hydrogens (tertiary/aromatic N) is 1. The molecular formula is C22H44N3O5+. The number of urea groups is 1. The summed E-state index contributed by atoms with van der Waals surface area (Å²) in [5.74, 6) is -0.640. The molecule has 0 aliphatic carbocycles. The van der Waals surface area contributed by atoms with Crippen LogP contribution in [0.1, 0.15) is 70.6 Å². The van der Waals surface area contributed by atoms with E-state index in [9.17, 15) is 14.4 Å². The third kappa shape index (κ3) is 19.6. The molecule has 0 aliphatic heterocycles. The molecule has 2 amide bonds. The molecule has 0 bridgehead atoms. The molecule has 30 heavy (non-hydrogen) atoms. The summed E-state index contributed by atoms with van der Waals surface area (Å²) in [7, 11) is 7.66. The number of rotatable bonds is 19. The van der Waals surface area contributed by atoms with Crippen LogP contribution in [-0.4, -0.2) is 76.9 Å². The molecule has 0 heterocycles. The third-order valence-electron chi connectivity index (χ3n) is 4.76. The van der Waals surface area contributed by atoms with Gasteiger partial charge in [0.05, 0.1) is 40.2 Å². The minimum atomic E-state index is -0.640. The van der Waals surface area contributed by atoms with Crippen LogP contribution in [0.4, 0.5) is 4.79 Å². The van der Waals surface area contributed by atoms with Gasteiger partial charge in [-0.15, -0.1) is 0 Å². The Hall–Kier alpha value is -1.67. The highest BCUT2D eigenvalue weighted by molar-refractivity contribution is 5.79. The van der Waals surface area contributed by atoms with Crippen LogP contribution in [0.5, 0.6) is 0 Å². The van der Waals surface area contributed by atoms with E-state index >= 15 is 0 Å². The molecule has 0 aromatic heterocycles. The minimum absolute atomic E-state index is 0.0337. The van der Waals surface area contributed by atoms with Gasteiger partial charge in [-0.1, -0.05) is 51.4 Å². The molecule has 0 radical (unpaired) electrons. The molecule has 8 nitrogen and oxygen atoms in total. The monoisotopic (exact) mass is 430 g/mol. The summed E-state index contributed by atoms with van der Waals surface area (Å²) in [6.07, 6.45) is 12.0. The van der Waals surface area contributed by atoms with Crippen LogP contribution in [0.25, 0.3) is 0 Å². The lowest BCUT2D eigenvalue weighted by atomic mass is 10.1. The molecule has 0 unspecified atom stereocenters. The van der Waals surface area contributed by atoms with Crippen molar-refractivity contribution in [3.05, 3.63) is 0 Å². The van der Waals surface area contributed by atoms with Crippen molar-refractivity contribution in [3.63, 3.8) is 0 Å². The Labute approximate surface area is 182 Å². The second-order valence-electron chi connectivity index (χ2n) is 8.89. The summed E-state index contributed by atoms with van der Waals surface area (Å²) in [4.78, 5) is 34.0. The fourth-order valence-electron chi connectivity index (χ4n) is 3.35. The lowest BCUT2D eigenvalue weighted by Crippen LogP contribution is -2.52. The zero-order chi connectivity index (χ0) is 22.7. The first kappa shape index (κ1) is 28.3. The second-order valence-corrected chi connectivity index (χ2v) is 8.89. The van der Waals surface area contributed by atoms with E-state index in [1.165, 1.54) is 44.9 Å². The van der Waals surface area contributed by atoms with Gasteiger partial charge < -0.3 is 24.6 Å². The standard InChI is InChI=1S/C22H43N3O5/c1-25(2,3)18-20(17-21(27)30-19-26)24-22(28)23-15-13-11-9-7-5-6-8-10-12-14-16-29-4/h19-20H,5-18H2,1-4H3,(H-,23,24,28)/p+1/t20-/m1/s1. The van der Waals surface area contributed by atoms with E-state index in [1.807, 2.05) is 21.1 Å². The number of hydrogen-bond acceptors (Lipinski definition) is 5. The van der Waals surface area contributed by atoms with E-state index < -0.39 is 12.0 Å². The summed E-state index contributed by atoms with van der Waals surface area (Å²) >= 11 is 0. The molecular weight excluding hydrogens is 386 g/mol. The molecule has 0 saturated heterocycles. The maximum Gasteiger partial charge on any atom is 0.315 e. The second kappa shape index (κ2) is 18.1. The summed E-state index contributed by atoms with van der Waals surface area (Å²) in [5, 5.41) is 5.67. The Bertz CT molecular complexity index is 466. The number of esters is 1. The van der Waals surface area contributed by atoms with E-state index in [0.29, 0.717) is 17.6 Å². The SMILES string of the molecule is COCCCCCCCCCCCCNC(=O)N[C@H](CC(=O)OC=O)C[N+](C)(C)C. The summed E-state index contributed by atoms with van der Waals surface area (Å²) in [6.45, 7) is 2.15. The first-order chi connectivity index (χ1) is 14.3. The Morgan fingerprint density at radius 3 is 1.93 bits per heavy atom. The van der Waals surface area contributed by atoms with Crippen LogP contribution in [0.2, 0.25) is 0 Å². The van der Waals surface area contributed by atoms with Gasteiger partial charge in [-0.05, 0) is 12.8 Å². The molecule has 0 aliphatic rings. The highest BCUT2D eigenvalue weighted by Gasteiger charge is 2.23. The van der Waals surface area contributed by atoms with Gasteiger partial charge in [0.25, 0.3) is 0 Å². The van der Waals surface area contributed by atoms with Gasteiger partial charge in [-0.25, -0.2) is 4.79 Å². The Morgan fingerprint density at radius 2 is 1.43 bits per heavy atom. The van der Waals surface area contributed by atoms with Gasteiger partial charge in [0, 0.05) is 20.3 Å². The molecule has 0 aromatic rings. The smallest absolute Gasteiger partial charge is 0.315 e. The van der Waals surface area contributed by atoms with E-state index in [4.69, 9.17) is 4.74 Å². The number of amides is 2. The number of carbonyl (C=O) groups is 3. The van der Waals surface area contributed by atoms with Crippen LogP contribution in [-0.2, 0) is 19.1 Å². The molecule has 0 saturated carbocycles. The van der Waals surface area contributed by atoms with E-state index in [0.717, 1.165) is 25.9 Å². The van der Waals surface area contributed by atoms with Crippen molar-refractivity contribution in [1.82, 2.24) is 10.6 Å². The fraction of sp³-hybridized carbons (Fsp3) is 0.864. The highest BCUT2D eigenvalue weighted by atomic mass is 16.6. The van der Waals surface area contributed by atoms with Gasteiger partial charge in [0.2, 0.25) is 0 Å². The first-order valence-corrected chi connectivity index (χ1v) is 11.3. The van der Waals surface area contributed by atoms with Crippen molar-refractivity contribution >= 4 is 18.5 Å². The van der Waals surface area contributed by atoms with Gasteiger partial charge >= 0.3 is 18.5 Å². The quantitative estimate of drug-likeness (QED) is 0.108. The number of unbranched alkanes of at least 4 members (excludes halogenated alkanes) is 9. The van der Waals surface area contributed by atoms with Gasteiger partial charge in [-0.3, -0.25) is 9.59 Å². The number of hydrogen-bond donors (Lipinski definition) is 2. The van der Waals surface area contributed by atoms with Gasteiger partial charge in [-0.2, -0.15) is 0 Å². The maximum absolute atomic E-state index is 12.1. The molecule has 0 rings (SSSR count). The number of nitrogens with one attached hydrogen (secondary N) is 2. The Morgan fingerprint density at radius 1 is 0.900 bits per heavy atom. The van der Waals surface area contributed by atoms with Gasteiger partial charge in [0.1, 0.15) is 0 Å². The zero-order valence-corrected chi connectivity index (χ0v) is 19.5. The van der Waals surface area contributed by atoms with Gasteiger partial charge in [0.15, 0.2) is 0 Å². The van der Waals surface area contributed by atoms with Crippen LogP contribution in [0.3, 0.4) is 0 Å². The normalized spacial score (nSPS) is 12.3. The number of likely N-dealkylation sites (N-methyl/N-ethyl adjacent to an activating group) is 1. The number of methoxy groups -OCH3 is 1. The Balaban J connectivity index is 3.79. The molecule has 176 valence electrons. The largest absolute Gasteiger partial charge is 0.395 e. The number of quaternary nitrogens is 1. The maximum atomic E-state index is 12.1. The first-order valence-electron chi connectivity index (χ1n) is 11.3. The van der Waals surface area contributed by atoms with Crippen molar-refractivity contribution in [1.29, 1.82) is 0 Å². The molecule has 0 fully saturated rings. The average Bonchev–Trinajstić information content (AvgIpc) is 2.64. The van der Waals surface area contributed by atoms with Crippen LogP contribution < -0.4 is 10.6 Å². The van der Waals surface area contributed by atoms with Crippen molar-refractivity contribution in [2.75, 3.05) is 47.9 Å². The molecule has 8 heteroatoms. The minimum Gasteiger partial charge on any atom is -0.395 e. The number of ether oxygens (including phenoxy) is 2. The lowest BCUT2D eigenvalue weighted by Gasteiger charge is -2.29. The van der Waals surface area contributed by atoms with E-state index in [-0.39, 0.29) is 18.9 Å². The molecule has 0 aromatic carbocycles. The van der Waals surface area contributed by atoms with Crippen LogP contribution in [0.15, 0.2) is 0 Å². The molecule has 2 N–H and O–H groups in total. The third-order valence-corrected chi connectivity index (χ3v) is 4.76. The van der Waals surface area contributed by atoms with Crippen LogP contribution >= 0.6 is 0 Å². The summed E-state index contributed by atoms with van der Waals surface area (Å²) < 4.78 is 9.97. The van der Waals surface area contributed by atoms with Crippen molar-refractivity contribution in [3.8, 4) is 0 Å².